The maximum atomic E-state index is 13.5. The fourth-order valence-electron chi connectivity index (χ4n) is 5.01. The van der Waals surface area contributed by atoms with Crippen LogP contribution in [0.5, 0.6) is 0 Å². The first-order valence-corrected chi connectivity index (χ1v) is 11.5. The monoisotopic (exact) mass is 451 g/mol. The van der Waals surface area contributed by atoms with Crippen LogP contribution in [0.15, 0.2) is 48.5 Å². The van der Waals surface area contributed by atoms with Crippen molar-refractivity contribution in [2.24, 2.45) is 0 Å². The van der Waals surface area contributed by atoms with Crippen LogP contribution in [0.2, 0.25) is 5.02 Å². The third-order valence-electron chi connectivity index (χ3n) is 6.45. The number of carbonyl (C=O) groups excluding carboxylic acids is 2. The standard InChI is InChI=1S/C25H26ClN3O3/c1-2-32-13-5-12-28-15-22(30)29-21(25(28)31)14-19-18-6-3-4-7-20(18)27-23(19)24(29)16-8-10-17(26)11-9-16/h3-4,6-11,21,24,27H,2,5,12-15H2,1H3/t21-,24+/m1/s1. The molecule has 0 bridgehead atoms. The first kappa shape index (κ1) is 21.0. The molecule has 1 saturated heterocycles. The van der Waals surface area contributed by atoms with Crippen LogP contribution < -0.4 is 0 Å². The number of H-pyrrole nitrogens is 1. The predicted octanol–water partition coefficient (Wildman–Crippen LogP) is 3.93. The van der Waals surface area contributed by atoms with Gasteiger partial charge in [0.2, 0.25) is 11.8 Å². The van der Waals surface area contributed by atoms with Gasteiger partial charge in [-0.15, -0.1) is 0 Å². The van der Waals surface area contributed by atoms with Gasteiger partial charge in [-0.05, 0) is 42.7 Å². The van der Waals surface area contributed by atoms with Gasteiger partial charge in [0.15, 0.2) is 0 Å². The average molecular weight is 452 g/mol. The fraction of sp³-hybridized carbons (Fsp3) is 0.360. The van der Waals surface area contributed by atoms with E-state index in [0.717, 1.165) is 34.1 Å². The molecule has 2 aliphatic heterocycles. The van der Waals surface area contributed by atoms with Crippen molar-refractivity contribution in [3.8, 4) is 0 Å². The highest BCUT2D eigenvalue weighted by Crippen LogP contribution is 2.42. The van der Waals surface area contributed by atoms with Crippen molar-refractivity contribution >= 4 is 34.3 Å². The first-order valence-electron chi connectivity index (χ1n) is 11.1. The summed E-state index contributed by atoms with van der Waals surface area (Å²) in [5, 5.41) is 1.74. The quantitative estimate of drug-likeness (QED) is 0.577. The molecule has 2 atom stereocenters. The molecule has 1 fully saturated rings. The number of benzene rings is 2. The number of nitrogens with zero attached hydrogens (tertiary/aromatic N) is 2. The summed E-state index contributed by atoms with van der Waals surface area (Å²) in [4.78, 5) is 34.0. The number of aromatic amines is 1. The lowest BCUT2D eigenvalue weighted by Crippen LogP contribution is -2.63. The van der Waals surface area contributed by atoms with Gasteiger partial charge < -0.3 is 19.5 Å². The Morgan fingerprint density at radius 2 is 1.91 bits per heavy atom. The van der Waals surface area contributed by atoms with Crippen molar-refractivity contribution in [1.29, 1.82) is 0 Å². The number of fused-ring (bicyclic) bond motifs is 4. The second-order valence-electron chi connectivity index (χ2n) is 8.35. The highest BCUT2D eigenvalue weighted by Gasteiger charge is 2.48. The number of nitrogens with one attached hydrogen (secondary N) is 1. The maximum absolute atomic E-state index is 13.5. The molecule has 2 aliphatic rings. The Labute approximate surface area is 192 Å². The molecule has 0 unspecified atom stereocenters. The molecule has 32 heavy (non-hydrogen) atoms. The van der Waals surface area contributed by atoms with Crippen LogP contribution in [0, 0.1) is 0 Å². The number of rotatable bonds is 6. The van der Waals surface area contributed by atoms with Gasteiger partial charge in [0.05, 0.1) is 12.6 Å². The first-order chi connectivity index (χ1) is 15.6. The number of hydrogen-bond acceptors (Lipinski definition) is 3. The van der Waals surface area contributed by atoms with E-state index in [1.54, 1.807) is 9.80 Å². The molecule has 0 saturated carbocycles. The molecule has 2 aromatic carbocycles. The Morgan fingerprint density at radius 3 is 2.69 bits per heavy atom. The Kier molecular flexibility index (Phi) is 5.66. The summed E-state index contributed by atoms with van der Waals surface area (Å²) in [6.07, 6.45) is 1.23. The van der Waals surface area contributed by atoms with Crippen LogP contribution in [-0.4, -0.2) is 58.9 Å². The lowest BCUT2D eigenvalue weighted by Gasteiger charge is -2.47. The second kappa shape index (κ2) is 8.60. The van der Waals surface area contributed by atoms with E-state index in [1.165, 1.54) is 0 Å². The van der Waals surface area contributed by atoms with Gasteiger partial charge >= 0.3 is 0 Å². The molecule has 1 aromatic heterocycles. The number of piperazine rings is 1. The minimum Gasteiger partial charge on any atom is -0.382 e. The van der Waals surface area contributed by atoms with Gasteiger partial charge in [-0.25, -0.2) is 0 Å². The molecule has 0 spiro atoms. The van der Waals surface area contributed by atoms with Crippen LogP contribution in [-0.2, 0) is 20.7 Å². The lowest BCUT2D eigenvalue weighted by atomic mass is 9.86. The highest BCUT2D eigenvalue weighted by atomic mass is 35.5. The molecule has 5 rings (SSSR count). The molecule has 2 amide bonds. The van der Waals surface area contributed by atoms with Crippen LogP contribution in [0.4, 0.5) is 0 Å². The van der Waals surface area contributed by atoms with Crippen molar-refractivity contribution in [3.63, 3.8) is 0 Å². The Morgan fingerprint density at radius 1 is 1.12 bits per heavy atom. The number of halogens is 1. The van der Waals surface area contributed by atoms with E-state index >= 15 is 0 Å². The molecule has 0 radical (unpaired) electrons. The summed E-state index contributed by atoms with van der Waals surface area (Å²) in [5.41, 5.74) is 4.05. The third-order valence-corrected chi connectivity index (χ3v) is 6.70. The Hall–Kier alpha value is -2.83. The highest BCUT2D eigenvalue weighted by molar-refractivity contribution is 6.30. The predicted molar refractivity (Wildman–Crippen MR) is 124 cm³/mol. The molecule has 6 nitrogen and oxygen atoms in total. The summed E-state index contributed by atoms with van der Waals surface area (Å²) >= 11 is 6.13. The molecular formula is C25H26ClN3O3. The van der Waals surface area contributed by atoms with Gasteiger partial charge in [0.1, 0.15) is 6.04 Å². The number of amides is 2. The van der Waals surface area contributed by atoms with E-state index in [0.29, 0.717) is 31.2 Å². The summed E-state index contributed by atoms with van der Waals surface area (Å²) in [5.74, 6) is -0.0220. The van der Waals surface area contributed by atoms with Crippen molar-refractivity contribution in [1.82, 2.24) is 14.8 Å². The van der Waals surface area contributed by atoms with Crippen molar-refractivity contribution < 1.29 is 14.3 Å². The van der Waals surface area contributed by atoms with E-state index in [4.69, 9.17) is 16.3 Å². The van der Waals surface area contributed by atoms with Gasteiger partial charge in [-0.1, -0.05) is 41.9 Å². The number of carbonyl (C=O) groups is 2. The van der Waals surface area contributed by atoms with Crippen molar-refractivity contribution in [3.05, 3.63) is 70.4 Å². The van der Waals surface area contributed by atoms with E-state index in [2.05, 4.69) is 11.1 Å². The van der Waals surface area contributed by atoms with Gasteiger partial charge in [-0.3, -0.25) is 9.59 Å². The molecule has 3 aromatic rings. The summed E-state index contributed by atoms with van der Waals surface area (Å²) in [6, 6.07) is 14.8. The third kappa shape index (κ3) is 3.57. The second-order valence-corrected chi connectivity index (χ2v) is 8.78. The number of ether oxygens (including phenoxy) is 1. The topological polar surface area (TPSA) is 65.6 Å². The molecular weight excluding hydrogens is 426 g/mol. The van der Waals surface area contributed by atoms with Crippen LogP contribution in [0.25, 0.3) is 10.9 Å². The van der Waals surface area contributed by atoms with Crippen LogP contribution in [0.3, 0.4) is 0 Å². The lowest BCUT2D eigenvalue weighted by molar-refractivity contribution is -0.158. The minimum absolute atomic E-state index is 0.0102. The summed E-state index contributed by atoms with van der Waals surface area (Å²) in [6.45, 7) is 3.81. The largest absolute Gasteiger partial charge is 0.382 e. The smallest absolute Gasteiger partial charge is 0.246 e. The number of hydrogen-bond donors (Lipinski definition) is 1. The maximum Gasteiger partial charge on any atom is 0.246 e. The average Bonchev–Trinajstić information content (AvgIpc) is 3.17. The van der Waals surface area contributed by atoms with Crippen molar-refractivity contribution in [2.45, 2.75) is 31.8 Å². The van der Waals surface area contributed by atoms with E-state index in [-0.39, 0.29) is 24.4 Å². The fourth-order valence-corrected chi connectivity index (χ4v) is 5.13. The summed E-state index contributed by atoms with van der Waals surface area (Å²) < 4.78 is 5.41. The van der Waals surface area contributed by atoms with Crippen LogP contribution in [0.1, 0.15) is 36.2 Å². The Balaban J connectivity index is 1.56. The normalized spacial score (nSPS) is 20.6. The number of para-hydroxylation sites is 1. The van der Waals surface area contributed by atoms with Gasteiger partial charge in [0.25, 0.3) is 0 Å². The molecule has 0 aliphatic carbocycles. The van der Waals surface area contributed by atoms with Crippen LogP contribution >= 0.6 is 11.6 Å². The number of aromatic nitrogens is 1. The molecule has 3 heterocycles. The molecule has 166 valence electrons. The SMILES string of the molecule is CCOCCCN1CC(=O)N2[C@@H](c3ccc(Cl)cc3)c3[nH]c4ccccc4c3C[C@@H]2C1=O. The Bertz CT molecular complexity index is 1160. The minimum atomic E-state index is -0.518. The molecule has 1 N–H and O–H groups in total. The van der Waals surface area contributed by atoms with E-state index in [9.17, 15) is 9.59 Å². The summed E-state index contributed by atoms with van der Waals surface area (Å²) in [7, 11) is 0. The van der Waals surface area contributed by atoms with E-state index < -0.39 is 6.04 Å². The van der Waals surface area contributed by atoms with Gasteiger partial charge in [-0.2, -0.15) is 0 Å². The molecule has 7 heteroatoms. The zero-order valence-corrected chi connectivity index (χ0v) is 18.8. The van der Waals surface area contributed by atoms with Crippen molar-refractivity contribution in [2.75, 3.05) is 26.3 Å². The zero-order valence-electron chi connectivity index (χ0n) is 18.0. The van der Waals surface area contributed by atoms with Gasteiger partial charge in [0, 0.05) is 47.8 Å². The zero-order chi connectivity index (χ0) is 22.2. The van der Waals surface area contributed by atoms with E-state index in [1.807, 2.05) is 49.4 Å².